The summed E-state index contributed by atoms with van der Waals surface area (Å²) in [6.07, 6.45) is 1.96. The van der Waals surface area contributed by atoms with E-state index < -0.39 is 0 Å². The molecule has 0 spiro atoms. The van der Waals surface area contributed by atoms with Gasteiger partial charge in [-0.2, -0.15) is 0 Å². The van der Waals surface area contributed by atoms with E-state index in [1.807, 2.05) is 19.9 Å². The van der Waals surface area contributed by atoms with Crippen LogP contribution in [0.25, 0.3) is 11.1 Å². The molecule has 26 heavy (non-hydrogen) atoms. The lowest BCUT2D eigenvalue weighted by atomic mass is 10.0. The number of aromatic amines is 1. The highest BCUT2D eigenvalue weighted by Crippen LogP contribution is 2.27. The summed E-state index contributed by atoms with van der Waals surface area (Å²) < 4.78 is 5.30. The predicted octanol–water partition coefficient (Wildman–Crippen LogP) is 1.94. The first kappa shape index (κ1) is 16.4. The number of aromatic nitrogens is 4. The van der Waals surface area contributed by atoms with Gasteiger partial charge in [0.1, 0.15) is 0 Å². The smallest absolute Gasteiger partial charge is 0.259 e. The van der Waals surface area contributed by atoms with Crippen LogP contribution in [0.2, 0.25) is 0 Å². The molecule has 1 aliphatic heterocycles. The number of carbonyl (C=O) groups excluding carboxylic acids is 1. The van der Waals surface area contributed by atoms with Gasteiger partial charge >= 0.3 is 0 Å². The number of hydrogen-bond donors (Lipinski definition) is 1. The Balaban J connectivity index is 1.78. The van der Waals surface area contributed by atoms with Gasteiger partial charge in [-0.15, -0.1) is 0 Å². The molecule has 0 fully saturated rings. The third-order valence-electron chi connectivity index (χ3n) is 4.75. The molecule has 3 aromatic heterocycles. The van der Waals surface area contributed by atoms with Gasteiger partial charge in [0.2, 0.25) is 0 Å². The van der Waals surface area contributed by atoms with Gasteiger partial charge in [-0.05, 0) is 18.9 Å². The SMILES string of the molecule is Cc1noc2nc(C(C)C)cc(C(=O)N3CCc4nc[nH]c(=O)c4C3)c12. The Morgan fingerprint density at radius 2 is 2.19 bits per heavy atom. The van der Waals surface area contributed by atoms with Crippen LogP contribution in [0.1, 0.15) is 52.8 Å². The minimum absolute atomic E-state index is 0.144. The van der Waals surface area contributed by atoms with Crippen LogP contribution in [0.15, 0.2) is 21.7 Å². The highest BCUT2D eigenvalue weighted by atomic mass is 16.5. The number of carbonyl (C=O) groups is 1. The van der Waals surface area contributed by atoms with Crippen molar-refractivity contribution in [2.75, 3.05) is 6.54 Å². The molecule has 1 amide bonds. The maximum Gasteiger partial charge on any atom is 0.259 e. The summed E-state index contributed by atoms with van der Waals surface area (Å²) in [6.45, 7) is 6.55. The number of hydrogen-bond acceptors (Lipinski definition) is 6. The molecule has 134 valence electrons. The number of amides is 1. The molecular formula is C18H19N5O3. The molecule has 4 rings (SSSR count). The topological polar surface area (TPSA) is 105 Å². The monoisotopic (exact) mass is 353 g/mol. The Kier molecular flexibility index (Phi) is 3.82. The van der Waals surface area contributed by atoms with Gasteiger partial charge in [0.05, 0.1) is 40.8 Å². The van der Waals surface area contributed by atoms with Crippen LogP contribution in [0.5, 0.6) is 0 Å². The van der Waals surface area contributed by atoms with Crippen LogP contribution in [-0.4, -0.2) is 37.5 Å². The van der Waals surface area contributed by atoms with Crippen molar-refractivity contribution in [3.8, 4) is 0 Å². The summed E-state index contributed by atoms with van der Waals surface area (Å²) in [5, 5.41) is 4.59. The zero-order valence-corrected chi connectivity index (χ0v) is 14.9. The molecule has 1 aliphatic rings. The van der Waals surface area contributed by atoms with Crippen molar-refractivity contribution in [3.05, 3.63) is 51.0 Å². The summed E-state index contributed by atoms with van der Waals surface area (Å²) >= 11 is 0. The highest BCUT2D eigenvalue weighted by Gasteiger charge is 2.28. The number of H-pyrrole nitrogens is 1. The molecule has 8 heteroatoms. The number of aryl methyl sites for hydroxylation is 1. The second-order valence-corrected chi connectivity index (χ2v) is 6.83. The zero-order chi connectivity index (χ0) is 18.4. The summed E-state index contributed by atoms with van der Waals surface area (Å²) in [5.41, 5.74) is 3.38. The summed E-state index contributed by atoms with van der Waals surface area (Å²) in [7, 11) is 0. The fraction of sp³-hybridized carbons (Fsp3) is 0.389. The Bertz CT molecular complexity index is 1070. The average molecular weight is 353 g/mol. The van der Waals surface area contributed by atoms with Crippen LogP contribution in [-0.2, 0) is 13.0 Å². The fourth-order valence-electron chi connectivity index (χ4n) is 3.28. The van der Waals surface area contributed by atoms with Gasteiger partial charge < -0.3 is 14.4 Å². The second kappa shape index (κ2) is 6.05. The van der Waals surface area contributed by atoms with E-state index in [9.17, 15) is 9.59 Å². The molecule has 0 aromatic carbocycles. The van der Waals surface area contributed by atoms with Gasteiger partial charge in [-0.1, -0.05) is 19.0 Å². The van der Waals surface area contributed by atoms with Gasteiger partial charge in [0.25, 0.3) is 17.2 Å². The van der Waals surface area contributed by atoms with E-state index in [1.165, 1.54) is 6.33 Å². The normalized spacial score (nSPS) is 14.1. The Morgan fingerprint density at radius 1 is 1.38 bits per heavy atom. The minimum atomic E-state index is -0.198. The fourth-order valence-corrected chi connectivity index (χ4v) is 3.28. The first-order valence-corrected chi connectivity index (χ1v) is 8.57. The van der Waals surface area contributed by atoms with E-state index in [2.05, 4.69) is 20.1 Å². The van der Waals surface area contributed by atoms with Gasteiger partial charge in [0.15, 0.2) is 0 Å². The van der Waals surface area contributed by atoms with Crippen LogP contribution in [0, 0.1) is 6.92 Å². The number of pyridine rings is 1. The van der Waals surface area contributed by atoms with E-state index >= 15 is 0 Å². The van der Waals surface area contributed by atoms with Crippen LogP contribution >= 0.6 is 0 Å². The van der Waals surface area contributed by atoms with Crippen LogP contribution in [0.4, 0.5) is 0 Å². The van der Waals surface area contributed by atoms with Crippen molar-refractivity contribution in [1.29, 1.82) is 0 Å². The minimum Gasteiger partial charge on any atom is -0.336 e. The average Bonchev–Trinajstić information content (AvgIpc) is 3.01. The Labute approximate surface area is 149 Å². The molecule has 1 N–H and O–H groups in total. The van der Waals surface area contributed by atoms with Crippen molar-refractivity contribution in [3.63, 3.8) is 0 Å². The third-order valence-corrected chi connectivity index (χ3v) is 4.75. The van der Waals surface area contributed by atoms with E-state index in [0.717, 1.165) is 11.4 Å². The molecular weight excluding hydrogens is 334 g/mol. The lowest BCUT2D eigenvalue weighted by Gasteiger charge is -2.27. The number of fused-ring (bicyclic) bond motifs is 2. The van der Waals surface area contributed by atoms with Gasteiger partial charge in [-0.25, -0.2) is 9.97 Å². The van der Waals surface area contributed by atoms with E-state index in [4.69, 9.17) is 4.52 Å². The molecule has 0 unspecified atom stereocenters. The second-order valence-electron chi connectivity index (χ2n) is 6.83. The molecule has 0 aliphatic carbocycles. The predicted molar refractivity (Wildman–Crippen MR) is 93.9 cm³/mol. The summed E-state index contributed by atoms with van der Waals surface area (Å²) in [5.74, 6) is -0.00927. The molecule has 4 heterocycles. The van der Waals surface area contributed by atoms with Gasteiger partial charge in [0, 0.05) is 18.7 Å². The lowest BCUT2D eigenvalue weighted by molar-refractivity contribution is 0.0734. The molecule has 0 saturated carbocycles. The molecule has 3 aromatic rings. The Morgan fingerprint density at radius 3 is 2.96 bits per heavy atom. The quantitative estimate of drug-likeness (QED) is 0.755. The molecule has 0 saturated heterocycles. The third kappa shape index (κ3) is 2.58. The maximum absolute atomic E-state index is 13.3. The van der Waals surface area contributed by atoms with Crippen molar-refractivity contribution in [2.24, 2.45) is 0 Å². The molecule has 0 atom stereocenters. The van der Waals surface area contributed by atoms with E-state index in [1.54, 1.807) is 11.8 Å². The standard InChI is InChI=1S/C18H19N5O3/c1-9(2)14-6-11(15-10(3)22-26-17(15)21-14)18(25)23-5-4-13-12(7-23)16(24)20-8-19-13/h6,8-9H,4-5,7H2,1-3H3,(H,19,20,24). The first-order chi connectivity index (χ1) is 12.5. The molecule has 0 radical (unpaired) electrons. The Hall–Kier alpha value is -3.03. The number of nitrogens with zero attached hydrogens (tertiary/aromatic N) is 4. The van der Waals surface area contributed by atoms with Crippen molar-refractivity contribution < 1.29 is 9.32 Å². The number of nitrogens with one attached hydrogen (secondary N) is 1. The van der Waals surface area contributed by atoms with E-state index in [0.29, 0.717) is 40.9 Å². The maximum atomic E-state index is 13.3. The van der Waals surface area contributed by atoms with E-state index in [-0.39, 0.29) is 23.9 Å². The van der Waals surface area contributed by atoms with Crippen molar-refractivity contribution in [2.45, 2.75) is 39.7 Å². The summed E-state index contributed by atoms with van der Waals surface area (Å²) in [4.78, 5) is 38.3. The molecule has 8 nitrogen and oxygen atoms in total. The highest BCUT2D eigenvalue weighted by molar-refractivity contribution is 6.06. The largest absolute Gasteiger partial charge is 0.336 e. The zero-order valence-electron chi connectivity index (χ0n) is 14.9. The summed E-state index contributed by atoms with van der Waals surface area (Å²) in [6, 6.07) is 1.81. The number of rotatable bonds is 2. The first-order valence-electron chi connectivity index (χ1n) is 8.57. The van der Waals surface area contributed by atoms with Gasteiger partial charge in [-0.3, -0.25) is 9.59 Å². The van der Waals surface area contributed by atoms with Crippen molar-refractivity contribution in [1.82, 2.24) is 25.0 Å². The van der Waals surface area contributed by atoms with Crippen molar-refractivity contribution >= 4 is 17.0 Å². The van der Waals surface area contributed by atoms with Crippen LogP contribution in [0.3, 0.4) is 0 Å². The van der Waals surface area contributed by atoms with Crippen LogP contribution < -0.4 is 5.56 Å². The lowest BCUT2D eigenvalue weighted by Crippen LogP contribution is -2.39. The molecule has 0 bridgehead atoms.